The summed E-state index contributed by atoms with van der Waals surface area (Å²) in [6, 6.07) is 6.39. The van der Waals surface area contributed by atoms with Crippen molar-refractivity contribution in [1.82, 2.24) is 14.8 Å². The second kappa shape index (κ2) is 4.97. The number of aldehydes is 1. The number of carbonyl (C=O) groups excluding carboxylic acids is 1. The third-order valence-corrected chi connectivity index (χ3v) is 3.43. The Balaban J connectivity index is 2.17. The molecular formula is C15H12FN3O2. The van der Waals surface area contributed by atoms with Gasteiger partial charge >= 0.3 is 0 Å². The molecule has 0 saturated heterocycles. The van der Waals surface area contributed by atoms with Crippen molar-refractivity contribution in [1.29, 1.82) is 0 Å². The first-order valence-corrected chi connectivity index (χ1v) is 6.37. The topological polar surface area (TPSA) is 67.8 Å². The highest BCUT2D eigenvalue weighted by Gasteiger charge is 2.13. The van der Waals surface area contributed by atoms with Crippen LogP contribution in [0.3, 0.4) is 0 Å². The Labute approximate surface area is 119 Å². The molecule has 3 rings (SSSR count). The van der Waals surface area contributed by atoms with Crippen LogP contribution < -0.4 is 5.56 Å². The maximum Gasteiger partial charge on any atom is 0.273 e. The van der Waals surface area contributed by atoms with Crippen LogP contribution in [0.15, 0.2) is 35.3 Å². The zero-order chi connectivity index (χ0) is 15.0. The SMILES string of the molecule is Cc1ccc(Cn2c(C=O)cc3c(=O)[nH]ncc32)c(F)c1. The molecule has 0 unspecified atom stereocenters. The molecule has 0 amide bonds. The predicted octanol–water partition coefficient (Wildman–Crippen LogP) is 2.03. The van der Waals surface area contributed by atoms with Crippen LogP contribution in [0.1, 0.15) is 21.6 Å². The molecule has 0 spiro atoms. The molecule has 0 aliphatic rings. The minimum absolute atomic E-state index is 0.162. The molecule has 1 aromatic carbocycles. The van der Waals surface area contributed by atoms with Gasteiger partial charge in [0.15, 0.2) is 6.29 Å². The maximum atomic E-state index is 14.0. The number of H-pyrrole nitrogens is 1. The van der Waals surface area contributed by atoms with Crippen molar-refractivity contribution in [3.05, 3.63) is 63.5 Å². The summed E-state index contributed by atoms with van der Waals surface area (Å²) in [7, 11) is 0. The molecule has 2 heterocycles. The van der Waals surface area contributed by atoms with Crippen LogP contribution in [-0.2, 0) is 6.54 Å². The van der Waals surface area contributed by atoms with Crippen LogP contribution in [0.4, 0.5) is 4.39 Å². The van der Waals surface area contributed by atoms with E-state index < -0.39 is 0 Å². The number of hydrogen-bond donors (Lipinski definition) is 1. The Hall–Kier alpha value is -2.76. The minimum atomic E-state index is -0.376. The normalized spacial score (nSPS) is 11.0. The number of carbonyl (C=O) groups is 1. The maximum absolute atomic E-state index is 14.0. The van der Waals surface area contributed by atoms with Crippen LogP contribution in [0.5, 0.6) is 0 Å². The number of aromatic nitrogens is 3. The average Bonchev–Trinajstić information content (AvgIpc) is 2.81. The van der Waals surface area contributed by atoms with Gasteiger partial charge in [0.25, 0.3) is 5.56 Å². The van der Waals surface area contributed by atoms with Gasteiger partial charge in [-0.25, -0.2) is 9.49 Å². The number of aryl methyl sites for hydroxylation is 1. The summed E-state index contributed by atoms with van der Waals surface area (Å²) in [5, 5.41) is 6.40. The molecule has 3 aromatic rings. The third-order valence-electron chi connectivity index (χ3n) is 3.43. The van der Waals surface area contributed by atoms with Crippen LogP contribution >= 0.6 is 0 Å². The summed E-state index contributed by atoms with van der Waals surface area (Å²) in [4.78, 5) is 22.9. The Bertz CT molecular complexity index is 896. The molecule has 1 N–H and O–H groups in total. The van der Waals surface area contributed by atoms with Crippen molar-refractivity contribution >= 4 is 17.2 Å². The lowest BCUT2D eigenvalue weighted by atomic mass is 10.1. The van der Waals surface area contributed by atoms with Crippen molar-refractivity contribution < 1.29 is 9.18 Å². The fourth-order valence-electron chi connectivity index (χ4n) is 2.34. The fourth-order valence-corrected chi connectivity index (χ4v) is 2.34. The highest BCUT2D eigenvalue weighted by atomic mass is 19.1. The van der Waals surface area contributed by atoms with E-state index in [-0.39, 0.29) is 17.9 Å². The Kier molecular flexibility index (Phi) is 3.13. The zero-order valence-electron chi connectivity index (χ0n) is 11.3. The third kappa shape index (κ3) is 2.24. The number of halogens is 1. The van der Waals surface area contributed by atoms with Crippen LogP contribution in [-0.4, -0.2) is 21.1 Å². The molecular weight excluding hydrogens is 273 g/mol. The number of hydrogen-bond acceptors (Lipinski definition) is 3. The summed E-state index contributed by atoms with van der Waals surface area (Å²) in [5.74, 6) is -0.341. The first-order valence-electron chi connectivity index (χ1n) is 6.37. The summed E-state index contributed by atoms with van der Waals surface area (Å²) in [6.07, 6.45) is 2.10. The highest BCUT2D eigenvalue weighted by molar-refractivity contribution is 5.87. The van der Waals surface area contributed by atoms with E-state index in [2.05, 4.69) is 10.2 Å². The van der Waals surface area contributed by atoms with Gasteiger partial charge < -0.3 is 4.57 Å². The highest BCUT2D eigenvalue weighted by Crippen LogP contribution is 2.18. The quantitative estimate of drug-likeness (QED) is 0.749. The van der Waals surface area contributed by atoms with Crippen molar-refractivity contribution in [2.75, 3.05) is 0 Å². The summed E-state index contributed by atoms with van der Waals surface area (Å²) < 4.78 is 15.6. The largest absolute Gasteiger partial charge is 0.332 e. The van der Waals surface area contributed by atoms with Gasteiger partial charge in [-0.05, 0) is 24.6 Å². The number of aromatic amines is 1. The second-order valence-corrected chi connectivity index (χ2v) is 4.87. The number of fused-ring (bicyclic) bond motifs is 1. The lowest BCUT2D eigenvalue weighted by Crippen LogP contribution is -2.09. The molecule has 0 bridgehead atoms. The van der Waals surface area contributed by atoms with Gasteiger partial charge in [0.2, 0.25) is 0 Å². The molecule has 0 fully saturated rings. The van der Waals surface area contributed by atoms with Gasteiger partial charge in [0.05, 0.1) is 29.3 Å². The van der Waals surface area contributed by atoms with Crippen LogP contribution in [0, 0.1) is 12.7 Å². The number of nitrogens with zero attached hydrogens (tertiary/aromatic N) is 2. The predicted molar refractivity (Wildman–Crippen MR) is 76.0 cm³/mol. The molecule has 6 heteroatoms. The molecule has 0 radical (unpaired) electrons. The lowest BCUT2D eigenvalue weighted by Gasteiger charge is -2.09. The molecule has 0 aliphatic carbocycles. The Morgan fingerprint density at radius 3 is 2.90 bits per heavy atom. The van der Waals surface area contributed by atoms with E-state index in [9.17, 15) is 14.0 Å². The Morgan fingerprint density at radius 2 is 2.19 bits per heavy atom. The van der Waals surface area contributed by atoms with E-state index in [1.54, 1.807) is 23.6 Å². The molecule has 0 atom stereocenters. The van der Waals surface area contributed by atoms with E-state index in [1.807, 2.05) is 0 Å². The second-order valence-electron chi connectivity index (χ2n) is 4.87. The standard InChI is InChI=1S/C15H12FN3O2/c1-9-2-3-10(13(16)4-9)7-19-11(8-20)5-12-14(19)6-17-18-15(12)21/h2-6,8H,7H2,1H3,(H,18,21). The van der Waals surface area contributed by atoms with E-state index in [0.29, 0.717) is 28.4 Å². The van der Waals surface area contributed by atoms with Gasteiger partial charge in [-0.2, -0.15) is 5.10 Å². The number of rotatable bonds is 3. The lowest BCUT2D eigenvalue weighted by molar-refractivity contribution is 0.111. The van der Waals surface area contributed by atoms with E-state index in [4.69, 9.17) is 0 Å². The van der Waals surface area contributed by atoms with Crippen molar-refractivity contribution in [3.63, 3.8) is 0 Å². The minimum Gasteiger partial charge on any atom is -0.332 e. The van der Waals surface area contributed by atoms with Gasteiger partial charge in [0.1, 0.15) is 5.82 Å². The van der Waals surface area contributed by atoms with E-state index in [1.165, 1.54) is 18.3 Å². The molecule has 5 nitrogen and oxygen atoms in total. The summed E-state index contributed by atoms with van der Waals surface area (Å²) in [6.45, 7) is 1.97. The van der Waals surface area contributed by atoms with Crippen molar-refractivity contribution in [3.8, 4) is 0 Å². The van der Waals surface area contributed by atoms with Crippen molar-refractivity contribution in [2.45, 2.75) is 13.5 Å². The smallest absolute Gasteiger partial charge is 0.273 e. The van der Waals surface area contributed by atoms with Crippen molar-refractivity contribution in [2.24, 2.45) is 0 Å². The Morgan fingerprint density at radius 1 is 1.38 bits per heavy atom. The first-order chi connectivity index (χ1) is 10.1. The molecule has 2 aromatic heterocycles. The van der Waals surface area contributed by atoms with E-state index >= 15 is 0 Å². The van der Waals surface area contributed by atoms with Crippen LogP contribution in [0.2, 0.25) is 0 Å². The fraction of sp³-hybridized carbons (Fsp3) is 0.133. The monoisotopic (exact) mass is 285 g/mol. The van der Waals surface area contributed by atoms with Gasteiger partial charge in [0, 0.05) is 5.56 Å². The van der Waals surface area contributed by atoms with Gasteiger partial charge in [-0.1, -0.05) is 12.1 Å². The molecule has 0 aliphatic heterocycles. The number of nitrogens with one attached hydrogen (secondary N) is 1. The zero-order valence-corrected chi connectivity index (χ0v) is 11.3. The summed E-state index contributed by atoms with van der Waals surface area (Å²) >= 11 is 0. The molecule has 106 valence electrons. The number of benzene rings is 1. The molecule has 0 saturated carbocycles. The molecule has 21 heavy (non-hydrogen) atoms. The average molecular weight is 285 g/mol. The van der Waals surface area contributed by atoms with Crippen LogP contribution in [0.25, 0.3) is 10.9 Å². The summed E-state index contributed by atoms with van der Waals surface area (Å²) in [5.41, 5.74) is 1.70. The van der Waals surface area contributed by atoms with Gasteiger partial charge in [-0.3, -0.25) is 9.59 Å². The first kappa shape index (κ1) is 13.2. The van der Waals surface area contributed by atoms with Gasteiger partial charge in [-0.15, -0.1) is 0 Å². The van der Waals surface area contributed by atoms with E-state index in [0.717, 1.165) is 5.56 Å².